The second kappa shape index (κ2) is 9.78. The Labute approximate surface area is 129 Å². The molecule has 1 fully saturated rings. The van der Waals surface area contributed by atoms with E-state index in [1.165, 1.54) is 11.6 Å². The standard InChI is InChI=1S/C18H30O3/c1-14(2)8-6-9-15(3)10-7-13-18(20)21-17-12-5-4-11-16(17)19/h7-8,13,15-17,19H,4-6,9-12H2,1-3H3/b13-7+/t15-,16-,17-/m1/s1. The second-order valence-corrected chi connectivity index (χ2v) is 6.43. The summed E-state index contributed by atoms with van der Waals surface area (Å²) in [6.45, 7) is 6.42. The first-order valence-corrected chi connectivity index (χ1v) is 8.17. The van der Waals surface area contributed by atoms with Gasteiger partial charge in [-0.2, -0.15) is 0 Å². The quantitative estimate of drug-likeness (QED) is 0.435. The van der Waals surface area contributed by atoms with E-state index in [2.05, 4.69) is 26.8 Å². The van der Waals surface area contributed by atoms with Crippen LogP contribution in [0.1, 0.15) is 65.7 Å². The highest BCUT2D eigenvalue weighted by molar-refractivity contribution is 5.82. The molecule has 0 heterocycles. The van der Waals surface area contributed by atoms with Crippen LogP contribution in [0.4, 0.5) is 0 Å². The third kappa shape index (κ3) is 8.05. The number of ether oxygens (including phenoxy) is 1. The molecule has 0 spiro atoms. The van der Waals surface area contributed by atoms with E-state index < -0.39 is 6.10 Å². The van der Waals surface area contributed by atoms with Gasteiger partial charge in [-0.25, -0.2) is 4.79 Å². The lowest BCUT2D eigenvalue weighted by molar-refractivity contribution is -0.151. The van der Waals surface area contributed by atoms with E-state index in [1.807, 2.05) is 6.08 Å². The molecule has 0 aromatic carbocycles. The number of allylic oxidation sites excluding steroid dienone is 3. The summed E-state index contributed by atoms with van der Waals surface area (Å²) in [6.07, 6.45) is 11.5. The Morgan fingerprint density at radius 2 is 2.05 bits per heavy atom. The number of rotatable bonds is 7. The van der Waals surface area contributed by atoms with Gasteiger partial charge in [0, 0.05) is 6.08 Å². The van der Waals surface area contributed by atoms with Crippen LogP contribution in [-0.2, 0) is 9.53 Å². The second-order valence-electron chi connectivity index (χ2n) is 6.43. The van der Waals surface area contributed by atoms with Crippen molar-refractivity contribution in [2.45, 2.75) is 77.9 Å². The van der Waals surface area contributed by atoms with Crippen LogP contribution < -0.4 is 0 Å². The predicted molar refractivity (Wildman–Crippen MR) is 85.9 cm³/mol. The number of hydrogen-bond acceptors (Lipinski definition) is 3. The van der Waals surface area contributed by atoms with E-state index in [0.717, 1.165) is 44.9 Å². The molecule has 1 aliphatic carbocycles. The fraction of sp³-hybridized carbons (Fsp3) is 0.722. The van der Waals surface area contributed by atoms with Crippen molar-refractivity contribution in [3.05, 3.63) is 23.8 Å². The highest BCUT2D eigenvalue weighted by atomic mass is 16.6. The van der Waals surface area contributed by atoms with Crippen LogP contribution in [-0.4, -0.2) is 23.3 Å². The highest BCUT2D eigenvalue weighted by Crippen LogP contribution is 2.21. The van der Waals surface area contributed by atoms with Crippen LogP contribution >= 0.6 is 0 Å². The molecule has 0 aliphatic heterocycles. The molecule has 0 amide bonds. The Kier molecular flexibility index (Phi) is 8.36. The molecule has 0 bridgehead atoms. The molecule has 0 unspecified atom stereocenters. The molecule has 0 radical (unpaired) electrons. The number of esters is 1. The molecule has 0 aromatic rings. The molecular formula is C18H30O3. The molecule has 1 aliphatic rings. The Balaban J connectivity index is 2.22. The lowest BCUT2D eigenvalue weighted by Gasteiger charge is -2.26. The predicted octanol–water partition coefficient (Wildman–Crippen LogP) is 4.16. The summed E-state index contributed by atoms with van der Waals surface area (Å²) in [6, 6.07) is 0. The van der Waals surface area contributed by atoms with Gasteiger partial charge in [0.05, 0.1) is 6.10 Å². The van der Waals surface area contributed by atoms with Gasteiger partial charge in [0.1, 0.15) is 6.10 Å². The average Bonchev–Trinajstić information content (AvgIpc) is 2.41. The van der Waals surface area contributed by atoms with Crippen molar-refractivity contribution in [3.63, 3.8) is 0 Å². The van der Waals surface area contributed by atoms with Gasteiger partial charge >= 0.3 is 5.97 Å². The zero-order valence-electron chi connectivity index (χ0n) is 13.7. The Morgan fingerprint density at radius 1 is 1.33 bits per heavy atom. The smallest absolute Gasteiger partial charge is 0.330 e. The maximum atomic E-state index is 11.7. The lowest BCUT2D eigenvalue weighted by atomic mass is 9.95. The Hall–Kier alpha value is -1.09. The largest absolute Gasteiger partial charge is 0.456 e. The minimum Gasteiger partial charge on any atom is -0.456 e. The van der Waals surface area contributed by atoms with Gasteiger partial charge in [-0.05, 0) is 58.3 Å². The van der Waals surface area contributed by atoms with Gasteiger partial charge in [-0.3, -0.25) is 0 Å². The summed E-state index contributed by atoms with van der Waals surface area (Å²) in [7, 11) is 0. The van der Waals surface area contributed by atoms with Crippen molar-refractivity contribution < 1.29 is 14.6 Å². The van der Waals surface area contributed by atoms with Crippen molar-refractivity contribution >= 4 is 5.97 Å². The van der Waals surface area contributed by atoms with E-state index in [-0.39, 0.29) is 12.1 Å². The zero-order valence-corrected chi connectivity index (χ0v) is 13.7. The van der Waals surface area contributed by atoms with Gasteiger partial charge in [-0.15, -0.1) is 0 Å². The zero-order chi connectivity index (χ0) is 15.7. The van der Waals surface area contributed by atoms with Crippen LogP contribution in [0, 0.1) is 5.92 Å². The summed E-state index contributed by atoms with van der Waals surface area (Å²) < 4.78 is 5.31. The molecule has 1 rings (SSSR count). The van der Waals surface area contributed by atoms with Crippen molar-refractivity contribution in [2.75, 3.05) is 0 Å². The molecule has 3 atom stereocenters. The van der Waals surface area contributed by atoms with Gasteiger partial charge in [0.15, 0.2) is 0 Å². The fourth-order valence-electron chi connectivity index (χ4n) is 2.57. The topological polar surface area (TPSA) is 46.5 Å². The molecule has 0 saturated heterocycles. The summed E-state index contributed by atoms with van der Waals surface area (Å²) in [5.41, 5.74) is 1.35. The SMILES string of the molecule is CC(C)=CCC[C@@H](C)C/C=C/C(=O)O[C@@H]1CCCC[C@H]1O. The van der Waals surface area contributed by atoms with E-state index in [1.54, 1.807) is 0 Å². The maximum Gasteiger partial charge on any atom is 0.330 e. The summed E-state index contributed by atoms with van der Waals surface area (Å²) in [5, 5.41) is 9.77. The van der Waals surface area contributed by atoms with Crippen LogP contribution in [0.25, 0.3) is 0 Å². The maximum absolute atomic E-state index is 11.7. The van der Waals surface area contributed by atoms with E-state index in [9.17, 15) is 9.90 Å². The normalized spacial score (nSPS) is 23.8. The molecule has 1 N–H and O–H groups in total. The molecular weight excluding hydrogens is 264 g/mol. The lowest BCUT2D eigenvalue weighted by Crippen LogP contribution is -2.33. The molecule has 3 nitrogen and oxygen atoms in total. The van der Waals surface area contributed by atoms with Gasteiger partial charge in [0.25, 0.3) is 0 Å². The Morgan fingerprint density at radius 3 is 2.71 bits per heavy atom. The molecule has 21 heavy (non-hydrogen) atoms. The van der Waals surface area contributed by atoms with E-state index in [0.29, 0.717) is 5.92 Å². The van der Waals surface area contributed by atoms with Crippen molar-refractivity contribution in [3.8, 4) is 0 Å². The first-order valence-electron chi connectivity index (χ1n) is 8.17. The van der Waals surface area contributed by atoms with Gasteiger partial charge in [-0.1, -0.05) is 31.1 Å². The molecule has 120 valence electrons. The van der Waals surface area contributed by atoms with Crippen molar-refractivity contribution in [2.24, 2.45) is 5.92 Å². The highest BCUT2D eigenvalue weighted by Gasteiger charge is 2.25. The average molecular weight is 294 g/mol. The third-order valence-electron chi connectivity index (χ3n) is 3.94. The third-order valence-corrected chi connectivity index (χ3v) is 3.94. The molecule has 1 saturated carbocycles. The first kappa shape index (κ1) is 18.0. The molecule has 0 aromatic heterocycles. The van der Waals surface area contributed by atoms with Gasteiger partial charge < -0.3 is 9.84 Å². The summed E-state index contributed by atoms with van der Waals surface area (Å²) in [5.74, 6) is 0.238. The van der Waals surface area contributed by atoms with Crippen LogP contribution in [0.5, 0.6) is 0 Å². The fourth-order valence-corrected chi connectivity index (χ4v) is 2.57. The summed E-state index contributed by atoms with van der Waals surface area (Å²) >= 11 is 0. The van der Waals surface area contributed by atoms with E-state index in [4.69, 9.17) is 4.74 Å². The van der Waals surface area contributed by atoms with Crippen LogP contribution in [0.3, 0.4) is 0 Å². The van der Waals surface area contributed by atoms with E-state index >= 15 is 0 Å². The Bertz CT molecular complexity index is 367. The molecule has 3 heteroatoms. The number of hydrogen-bond donors (Lipinski definition) is 1. The number of aliphatic hydroxyl groups is 1. The minimum atomic E-state index is -0.487. The number of carbonyl (C=O) groups is 1. The first-order chi connectivity index (χ1) is 9.99. The monoisotopic (exact) mass is 294 g/mol. The minimum absolute atomic E-state index is 0.314. The van der Waals surface area contributed by atoms with Crippen molar-refractivity contribution in [1.82, 2.24) is 0 Å². The van der Waals surface area contributed by atoms with Crippen LogP contribution in [0.15, 0.2) is 23.8 Å². The van der Waals surface area contributed by atoms with Gasteiger partial charge in [0.2, 0.25) is 0 Å². The van der Waals surface area contributed by atoms with Crippen molar-refractivity contribution in [1.29, 1.82) is 0 Å². The van der Waals surface area contributed by atoms with Crippen LogP contribution in [0.2, 0.25) is 0 Å². The number of carbonyl (C=O) groups excluding carboxylic acids is 1. The number of aliphatic hydroxyl groups excluding tert-OH is 1. The summed E-state index contributed by atoms with van der Waals surface area (Å²) in [4.78, 5) is 11.7.